The lowest BCUT2D eigenvalue weighted by Gasteiger charge is -2.22. The summed E-state index contributed by atoms with van der Waals surface area (Å²) in [6, 6.07) is 6.02. The number of piperidine rings is 1. The number of hydrogen-bond donors (Lipinski definition) is 2. The van der Waals surface area contributed by atoms with Crippen molar-refractivity contribution in [2.24, 2.45) is 5.92 Å². The first-order chi connectivity index (χ1) is 8.66. The topological polar surface area (TPSA) is 41.1 Å². The van der Waals surface area contributed by atoms with Crippen LogP contribution >= 0.6 is 0 Å². The molecule has 1 unspecified atom stereocenters. The molecule has 2 N–H and O–H groups in total. The van der Waals surface area contributed by atoms with Crippen LogP contribution < -0.4 is 10.6 Å². The Morgan fingerprint density at radius 1 is 1.44 bits per heavy atom. The van der Waals surface area contributed by atoms with Crippen LogP contribution in [0.25, 0.3) is 0 Å². The van der Waals surface area contributed by atoms with E-state index in [1.54, 1.807) is 0 Å². The molecule has 98 valence electrons. The van der Waals surface area contributed by atoms with E-state index in [4.69, 9.17) is 0 Å². The predicted molar refractivity (Wildman–Crippen MR) is 74.8 cm³/mol. The summed E-state index contributed by atoms with van der Waals surface area (Å²) in [7, 11) is 0. The molecule has 1 heterocycles. The Hall–Kier alpha value is -1.35. The lowest BCUT2D eigenvalue weighted by atomic mass is 9.96. The van der Waals surface area contributed by atoms with Crippen LogP contribution in [0.5, 0.6) is 0 Å². The van der Waals surface area contributed by atoms with Gasteiger partial charge in [-0.05, 0) is 62.9 Å². The Labute approximate surface area is 109 Å². The van der Waals surface area contributed by atoms with Crippen LogP contribution in [0.1, 0.15) is 30.4 Å². The van der Waals surface area contributed by atoms with Gasteiger partial charge < -0.3 is 10.6 Å². The van der Waals surface area contributed by atoms with Crippen molar-refractivity contribution in [3.63, 3.8) is 0 Å². The van der Waals surface area contributed by atoms with E-state index in [0.29, 0.717) is 12.3 Å². The van der Waals surface area contributed by atoms with E-state index < -0.39 is 0 Å². The maximum Gasteiger partial charge on any atom is 0.224 e. The molecule has 3 nitrogen and oxygen atoms in total. The fraction of sp³-hybridized carbons (Fsp3) is 0.533. The van der Waals surface area contributed by atoms with Crippen LogP contribution in [0.15, 0.2) is 18.2 Å². The minimum absolute atomic E-state index is 0.136. The second kappa shape index (κ2) is 6.01. The second-order valence-electron chi connectivity index (χ2n) is 5.21. The first kappa shape index (κ1) is 13.1. The SMILES string of the molecule is Cc1cccc(NC(=O)CC2CCCNC2)c1C. The monoisotopic (exact) mass is 246 g/mol. The van der Waals surface area contributed by atoms with E-state index in [1.807, 2.05) is 19.1 Å². The van der Waals surface area contributed by atoms with Gasteiger partial charge in [-0.3, -0.25) is 4.79 Å². The summed E-state index contributed by atoms with van der Waals surface area (Å²) in [5.41, 5.74) is 3.32. The highest BCUT2D eigenvalue weighted by Crippen LogP contribution is 2.20. The zero-order chi connectivity index (χ0) is 13.0. The molecular formula is C15H22N2O. The van der Waals surface area contributed by atoms with Crippen molar-refractivity contribution < 1.29 is 4.79 Å². The van der Waals surface area contributed by atoms with Crippen LogP contribution in [0.4, 0.5) is 5.69 Å². The number of amides is 1. The predicted octanol–water partition coefficient (Wildman–Crippen LogP) is 2.63. The van der Waals surface area contributed by atoms with Crippen molar-refractivity contribution in [2.75, 3.05) is 18.4 Å². The second-order valence-corrected chi connectivity index (χ2v) is 5.21. The smallest absolute Gasteiger partial charge is 0.224 e. The minimum atomic E-state index is 0.136. The third kappa shape index (κ3) is 3.33. The van der Waals surface area contributed by atoms with E-state index >= 15 is 0 Å². The lowest BCUT2D eigenvalue weighted by molar-refractivity contribution is -0.117. The van der Waals surface area contributed by atoms with Crippen LogP contribution in [0.3, 0.4) is 0 Å². The number of carbonyl (C=O) groups excluding carboxylic acids is 1. The molecule has 1 aliphatic heterocycles. The molecular weight excluding hydrogens is 224 g/mol. The van der Waals surface area contributed by atoms with E-state index in [2.05, 4.69) is 23.6 Å². The minimum Gasteiger partial charge on any atom is -0.326 e. The summed E-state index contributed by atoms with van der Waals surface area (Å²) in [6.07, 6.45) is 2.97. The summed E-state index contributed by atoms with van der Waals surface area (Å²) in [5, 5.41) is 6.38. The fourth-order valence-corrected chi connectivity index (χ4v) is 2.45. The van der Waals surface area contributed by atoms with E-state index in [0.717, 1.165) is 30.8 Å². The number of rotatable bonds is 3. The van der Waals surface area contributed by atoms with Gasteiger partial charge in [0.15, 0.2) is 0 Å². The van der Waals surface area contributed by atoms with Gasteiger partial charge in [0, 0.05) is 12.1 Å². The van der Waals surface area contributed by atoms with Crippen molar-refractivity contribution in [3.05, 3.63) is 29.3 Å². The van der Waals surface area contributed by atoms with Gasteiger partial charge in [0.2, 0.25) is 5.91 Å². The van der Waals surface area contributed by atoms with E-state index in [1.165, 1.54) is 12.0 Å². The molecule has 0 saturated carbocycles. The Morgan fingerprint density at radius 3 is 3.00 bits per heavy atom. The quantitative estimate of drug-likeness (QED) is 0.861. The van der Waals surface area contributed by atoms with Gasteiger partial charge in [-0.1, -0.05) is 12.1 Å². The molecule has 1 aromatic carbocycles. The summed E-state index contributed by atoms with van der Waals surface area (Å²) in [4.78, 5) is 12.0. The van der Waals surface area contributed by atoms with E-state index in [-0.39, 0.29) is 5.91 Å². The van der Waals surface area contributed by atoms with Gasteiger partial charge in [0.25, 0.3) is 0 Å². The van der Waals surface area contributed by atoms with Crippen LogP contribution in [0.2, 0.25) is 0 Å². The molecule has 3 heteroatoms. The molecule has 0 aromatic heterocycles. The fourth-order valence-electron chi connectivity index (χ4n) is 2.45. The average Bonchev–Trinajstić information content (AvgIpc) is 2.36. The van der Waals surface area contributed by atoms with Gasteiger partial charge in [0.05, 0.1) is 0 Å². The molecule has 2 rings (SSSR count). The Kier molecular flexibility index (Phi) is 4.37. The van der Waals surface area contributed by atoms with Crippen LogP contribution in [0, 0.1) is 19.8 Å². The molecule has 1 aliphatic rings. The number of anilines is 1. The molecule has 0 bridgehead atoms. The highest BCUT2D eigenvalue weighted by Gasteiger charge is 2.17. The molecule has 1 aromatic rings. The zero-order valence-electron chi connectivity index (χ0n) is 11.3. The van der Waals surface area contributed by atoms with Gasteiger partial charge in [0.1, 0.15) is 0 Å². The van der Waals surface area contributed by atoms with Crippen molar-refractivity contribution in [3.8, 4) is 0 Å². The third-order valence-corrected chi connectivity index (χ3v) is 3.75. The summed E-state index contributed by atoms with van der Waals surface area (Å²) in [6.45, 7) is 6.18. The highest BCUT2D eigenvalue weighted by atomic mass is 16.1. The lowest BCUT2D eigenvalue weighted by Crippen LogP contribution is -2.32. The maximum atomic E-state index is 12.0. The summed E-state index contributed by atoms with van der Waals surface area (Å²) < 4.78 is 0. The van der Waals surface area contributed by atoms with Gasteiger partial charge in [-0.2, -0.15) is 0 Å². The number of benzene rings is 1. The van der Waals surface area contributed by atoms with Gasteiger partial charge >= 0.3 is 0 Å². The van der Waals surface area contributed by atoms with Crippen molar-refractivity contribution >= 4 is 11.6 Å². The van der Waals surface area contributed by atoms with Crippen molar-refractivity contribution in [1.82, 2.24) is 5.32 Å². The molecule has 1 amide bonds. The van der Waals surface area contributed by atoms with Gasteiger partial charge in [-0.25, -0.2) is 0 Å². The van der Waals surface area contributed by atoms with Gasteiger partial charge in [-0.15, -0.1) is 0 Å². The number of carbonyl (C=O) groups is 1. The zero-order valence-corrected chi connectivity index (χ0v) is 11.3. The first-order valence-electron chi connectivity index (χ1n) is 6.73. The number of hydrogen-bond acceptors (Lipinski definition) is 2. The average molecular weight is 246 g/mol. The van der Waals surface area contributed by atoms with Crippen molar-refractivity contribution in [2.45, 2.75) is 33.1 Å². The third-order valence-electron chi connectivity index (χ3n) is 3.75. The molecule has 0 aliphatic carbocycles. The molecule has 0 spiro atoms. The summed E-state index contributed by atoms with van der Waals surface area (Å²) in [5.74, 6) is 0.626. The molecule has 1 fully saturated rings. The van der Waals surface area contributed by atoms with Crippen LogP contribution in [-0.2, 0) is 4.79 Å². The summed E-state index contributed by atoms with van der Waals surface area (Å²) >= 11 is 0. The molecule has 0 radical (unpaired) electrons. The Balaban J connectivity index is 1.92. The molecule has 1 atom stereocenters. The van der Waals surface area contributed by atoms with Crippen LogP contribution in [-0.4, -0.2) is 19.0 Å². The normalized spacial score (nSPS) is 19.6. The maximum absolute atomic E-state index is 12.0. The Morgan fingerprint density at radius 2 is 2.28 bits per heavy atom. The molecule has 1 saturated heterocycles. The highest BCUT2D eigenvalue weighted by molar-refractivity contribution is 5.91. The standard InChI is InChI=1S/C15H22N2O/c1-11-5-3-7-14(12(11)2)17-15(18)9-13-6-4-8-16-10-13/h3,5,7,13,16H,4,6,8-10H2,1-2H3,(H,17,18). The van der Waals surface area contributed by atoms with E-state index in [9.17, 15) is 4.79 Å². The van der Waals surface area contributed by atoms with Crippen molar-refractivity contribution in [1.29, 1.82) is 0 Å². The number of nitrogens with one attached hydrogen (secondary N) is 2. The number of aryl methyl sites for hydroxylation is 1. The molecule has 18 heavy (non-hydrogen) atoms. The Bertz CT molecular complexity index is 423. The largest absolute Gasteiger partial charge is 0.326 e. The first-order valence-corrected chi connectivity index (χ1v) is 6.73.